The average Bonchev–Trinajstić information content (AvgIpc) is 2.55. The Morgan fingerprint density at radius 1 is 1.29 bits per heavy atom. The van der Waals surface area contributed by atoms with Crippen molar-refractivity contribution in [2.45, 2.75) is 12.3 Å². The Labute approximate surface area is 124 Å². The normalized spacial score (nSPS) is 26.8. The minimum atomic E-state index is -0.274. The molecule has 0 aromatic carbocycles. The van der Waals surface area contributed by atoms with E-state index in [0.717, 1.165) is 44.0 Å². The standard InChI is InChI=1S/C15H23N3O3/c16-8-11-5-12(10-17-9-11)14-6-13(7-15(19)21-14)18-1-3-20-4-2-18/h6-7,11-12,17H,1-5,8-10,16H2/t11?,12-/m0/s1. The number of ether oxygens (including phenoxy) is 1. The lowest BCUT2D eigenvalue weighted by atomic mass is 9.88. The van der Waals surface area contributed by atoms with E-state index in [2.05, 4.69) is 10.2 Å². The second-order valence-corrected chi connectivity index (χ2v) is 5.83. The summed E-state index contributed by atoms with van der Waals surface area (Å²) >= 11 is 0. The Morgan fingerprint density at radius 3 is 2.86 bits per heavy atom. The zero-order chi connectivity index (χ0) is 14.7. The zero-order valence-corrected chi connectivity index (χ0v) is 12.2. The van der Waals surface area contributed by atoms with E-state index in [-0.39, 0.29) is 11.5 Å². The summed E-state index contributed by atoms with van der Waals surface area (Å²) in [6.07, 6.45) is 0.971. The second-order valence-electron chi connectivity index (χ2n) is 5.83. The molecule has 0 spiro atoms. The van der Waals surface area contributed by atoms with Crippen LogP contribution in [0.2, 0.25) is 0 Å². The van der Waals surface area contributed by atoms with Crippen molar-refractivity contribution in [2.75, 3.05) is 50.8 Å². The van der Waals surface area contributed by atoms with Crippen molar-refractivity contribution in [2.24, 2.45) is 11.7 Å². The molecule has 2 saturated heterocycles. The lowest BCUT2D eigenvalue weighted by Crippen LogP contribution is -2.39. The summed E-state index contributed by atoms with van der Waals surface area (Å²) in [5.41, 5.74) is 6.44. The first kappa shape index (κ1) is 14.6. The van der Waals surface area contributed by atoms with Crippen molar-refractivity contribution < 1.29 is 9.15 Å². The molecule has 1 aromatic rings. The van der Waals surface area contributed by atoms with Gasteiger partial charge in [0.2, 0.25) is 0 Å². The van der Waals surface area contributed by atoms with Crippen molar-refractivity contribution in [3.63, 3.8) is 0 Å². The molecule has 116 valence electrons. The van der Waals surface area contributed by atoms with Crippen LogP contribution in [0.3, 0.4) is 0 Å². The molecule has 1 unspecified atom stereocenters. The molecule has 2 atom stereocenters. The molecule has 2 fully saturated rings. The minimum Gasteiger partial charge on any atom is -0.427 e. The van der Waals surface area contributed by atoms with Crippen LogP contribution in [0.5, 0.6) is 0 Å². The van der Waals surface area contributed by atoms with Gasteiger partial charge in [-0.1, -0.05) is 0 Å². The quantitative estimate of drug-likeness (QED) is 0.824. The molecule has 6 heteroatoms. The molecule has 3 N–H and O–H groups in total. The molecule has 2 aliphatic rings. The van der Waals surface area contributed by atoms with Gasteiger partial charge in [0.1, 0.15) is 5.76 Å². The van der Waals surface area contributed by atoms with E-state index in [4.69, 9.17) is 14.9 Å². The molecule has 3 heterocycles. The topological polar surface area (TPSA) is 80.7 Å². The van der Waals surface area contributed by atoms with Crippen LogP contribution in [0.25, 0.3) is 0 Å². The zero-order valence-electron chi connectivity index (χ0n) is 12.2. The SMILES string of the molecule is NCC1CNC[C@@H](c2cc(N3CCOCC3)cc(=O)o2)C1. The van der Waals surface area contributed by atoms with Crippen LogP contribution >= 0.6 is 0 Å². The predicted molar refractivity (Wildman–Crippen MR) is 80.8 cm³/mol. The summed E-state index contributed by atoms with van der Waals surface area (Å²) in [5.74, 6) is 1.44. The van der Waals surface area contributed by atoms with Gasteiger partial charge in [-0.05, 0) is 25.4 Å². The first-order valence-electron chi connectivity index (χ1n) is 7.65. The lowest BCUT2D eigenvalue weighted by molar-refractivity contribution is 0.122. The third kappa shape index (κ3) is 3.45. The van der Waals surface area contributed by atoms with Crippen LogP contribution in [-0.4, -0.2) is 45.9 Å². The molecular formula is C15H23N3O3. The predicted octanol–water partition coefficient (Wildman–Crippen LogP) is 0.128. The lowest BCUT2D eigenvalue weighted by Gasteiger charge is -2.31. The number of anilines is 1. The van der Waals surface area contributed by atoms with Gasteiger partial charge < -0.3 is 25.1 Å². The van der Waals surface area contributed by atoms with E-state index < -0.39 is 0 Å². The van der Waals surface area contributed by atoms with E-state index in [1.54, 1.807) is 6.07 Å². The molecule has 0 radical (unpaired) electrons. The van der Waals surface area contributed by atoms with Gasteiger partial charge >= 0.3 is 5.63 Å². The third-order valence-corrected chi connectivity index (χ3v) is 4.33. The number of hydrogen-bond donors (Lipinski definition) is 2. The monoisotopic (exact) mass is 293 g/mol. The number of nitrogens with zero attached hydrogens (tertiary/aromatic N) is 1. The van der Waals surface area contributed by atoms with Gasteiger partial charge in [0.05, 0.1) is 13.2 Å². The largest absolute Gasteiger partial charge is 0.427 e. The summed E-state index contributed by atoms with van der Waals surface area (Å²) in [6.45, 7) is 5.49. The molecule has 0 bridgehead atoms. The highest BCUT2D eigenvalue weighted by Crippen LogP contribution is 2.28. The summed E-state index contributed by atoms with van der Waals surface area (Å²) in [7, 11) is 0. The smallest absolute Gasteiger partial charge is 0.337 e. The third-order valence-electron chi connectivity index (χ3n) is 4.33. The molecule has 0 saturated carbocycles. The average molecular weight is 293 g/mol. The molecule has 3 rings (SSSR count). The second kappa shape index (κ2) is 6.60. The Morgan fingerprint density at radius 2 is 2.10 bits per heavy atom. The summed E-state index contributed by atoms with van der Waals surface area (Å²) in [4.78, 5) is 14.1. The van der Waals surface area contributed by atoms with Crippen LogP contribution in [0.15, 0.2) is 21.3 Å². The number of morpholine rings is 1. The number of nitrogens with one attached hydrogen (secondary N) is 1. The molecule has 0 aliphatic carbocycles. The van der Waals surface area contributed by atoms with Crippen molar-refractivity contribution in [1.29, 1.82) is 0 Å². The number of rotatable bonds is 3. The first-order valence-corrected chi connectivity index (χ1v) is 7.65. The van der Waals surface area contributed by atoms with E-state index in [1.165, 1.54) is 0 Å². The Balaban J connectivity index is 1.81. The van der Waals surface area contributed by atoms with E-state index in [9.17, 15) is 4.79 Å². The fraction of sp³-hybridized carbons (Fsp3) is 0.667. The van der Waals surface area contributed by atoms with Crippen molar-refractivity contribution in [3.8, 4) is 0 Å². The van der Waals surface area contributed by atoms with E-state index in [0.29, 0.717) is 25.7 Å². The minimum absolute atomic E-state index is 0.223. The Hall–Kier alpha value is -1.37. The van der Waals surface area contributed by atoms with Gasteiger partial charge in [-0.3, -0.25) is 0 Å². The highest BCUT2D eigenvalue weighted by molar-refractivity contribution is 5.46. The van der Waals surface area contributed by atoms with Crippen LogP contribution in [0.4, 0.5) is 5.69 Å². The molecular weight excluding hydrogens is 270 g/mol. The number of hydrogen-bond acceptors (Lipinski definition) is 6. The van der Waals surface area contributed by atoms with Crippen LogP contribution < -0.4 is 21.6 Å². The van der Waals surface area contributed by atoms with Crippen molar-refractivity contribution >= 4 is 5.69 Å². The summed E-state index contributed by atoms with van der Waals surface area (Å²) in [6, 6.07) is 3.59. The van der Waals surface area contributed by atoms with Crippen molar-refractivity contribution in [3.05, 3.63) is 28.3 Å². The van der Waals surface area contributed by atoms with E-state index in [1.807, 2.05) is 6.07 Å². The van der Waals surface area contributed by atoms with Crippen LogP contribution in [-0.2, 0) is 4.74 Å². The van der Waals surface area contributed by atoms with E-state index >= 15 is 0 Å². The van der Waals surface area contributed by atoms with Crippen LogP contribution in [0, 0.1) is 5.92 Å². The molecule has 1 aromatic heterocycles. The maximum absolute atomic E-state index is 11.9. The molecule has 0 amide bonds. The highest BCUT2D eigenvalue weighted by Gasteiger charge is 2.25. The van der Waals surface area contributed by atoms with Gasteiger partial charge in [-0.2, -0.15) is 0 Å². The maximum Gasteiger partial charge on any atom is 0.337 e. The van der Waals surface area contributed by atoms with Gasteiger partial charge in [0.15, 0.2) is 0 Å². The van der Waals surface area contributed by atoms with Gasteiger partial charge in [0, 0.05) is 43.4 Å². The molecule has 21 heavy (non-hydrogen) atoms. The Kier molecular flexibility index (Phi) is 4.57. The fourth-order valence-corrected chi connectivity index (χ4v) is 3.12. The Bertz CT molecular complexity index is 525. The fourth-order valence-electron chi connectivity index (χ4n) is 3.12. The first-order chi connectivity index (χ1) is 10.3. The molecule has 2 aliphatic heterocycles. The summed E-state index contributed by atoms with van der Waals surface area (Å²) < 4.78 is 10.8. The van der Waals surface area contributed by atoms with Gasteiger partial charge in [0.25, 0.3) is 0 Å². The maximum atomic E-state index is 11.9. The van der Waals surface area contributed by atoms with Gasteiger partial charge in [-0.25, -0.2) is 4.79 Å². The number of nitrogens with two attached hydrogens (primary N) is 1. The van der Waals surface area contributed by atoms with Gasteiger partial charge in [-0.15, -0.1) is 0 Å². The highest BCUT2D eigenvalue weighted by atomic mass is 16.5. The number of piperidine rings is 1. The molecule has 6 nitrogen and oxygen atoms in total. The van der Waals surface area contributed by atoms with Crippen molar-refractivity contribution in [1.82, 2.24) is 5.32 Å². The van der Waals surface area contributed by atoms with Crippen LogP contribution in [0.1, 0.15) is 18.1 Å². The summed E-state index contributed by atoms with van der Waals surface area (Å²) in [5, 5.41) is 3.38.